The highest BCUT2D eigenvalue weighted by molar-refractivity contribution is 7.92. The van der Waals surface area contributed by atoms with Crippen molar-refractivity contribution in [1.29, 1.82) is 0 Å². The number of aryl methyl sites for hydroxylation is 1. The number of anilines is 1. The predicted octanol–water partition coefficient (Wildman–Crippen LogP) is 5.39. The lowest BCUT2D eigenvalue weighted by molar-refractivity contribution is -0.384. The van der Waals surface area contributed by atoms with E-state index >= 15 is 0 Å². The molecule has 43 heavy (non-hydrogen) atoms. The number of hydrogen-bond acceptors (Lipinski definition) is 6. The number of non-ortho nitro benzene ring substituents is 1. The summed E-state index contributed by atoms with van der Waals surface area (Å²) in [6.07, 6.45) is 1.03. The van der Waals surface area contributed by atoms with Crippen molar-refractivity contribution in [2.75, 3.05) is 23.7 Å². The number of amides is 2. The summed E-state index contributed by atoms with van der Waals surface area (Å²) < 4.78 is 26.9. The lowest BCUT2D eigenvalue weighted by Crippen LogP contribution is -2.53. The molecule has 3 aromatic carbocycles. The summed E-state index contributed by atoms with van der Waals surface area (Å²) >= 11 is 12.9. The van der Waals surface area contributed by atoms with Crippen LogP contribution in [0.5, 0.6) is 0 Å². The van der Waals surface area contributed by atoms with Crippen LogP contribution >= 0.6 is 23.2 Å². The average molecular weight is 650 g/mol. The van der Waals surface area contributed by atoms with Crippen molar-refractivity contribution in [3.05, 3.63) is 104 Å². The molecule has 230 valence electrons. The van der Waals surface area contributed by atoms with Gasteiger partial charge in [-0.25, -0.2) is 8.42 Å². The number of sulfonamides is 1. The van der Waals surface area contributed by atoms with Crippen LogP contribution in [0.15, 0.2) is 66.7 Å². The Hall–Kier alpha value is -3.67. The van der Waals surface area contributed by atoms with Crippen molar-refractivity contribution in [1.82, 2.24) is 10.2 Å². The van der Waals surface area contributed by atoms with Crippen LogP contribution < -0.4 is 9.62 Å². The topological polar surface area (TPSA) is 130 Å². The Labute approximate surface area is 261 Å². The monoisotopic (exact) mass is 648 g/mol. The van der Waals surface area contributed by atoms with E-state index < -0.39 is 39.3 Å². The van der Waals surface area contributed by atoms with E-state index in [1.54, 1.807) is 25.1 Å². The molecule has 0 bridgehead atoms. The number of rotatable bonds is 13. The Morgan fingerprint density at radius 3 is 2.19 bits per heavy atom. The molecule has 0 aromatic heterocycles. The zero-order chi connectivity index (χ0) is 31.9. The lowest BCUT2D eigenvalue weighted by atomic mass is 10.0. The Morgan fingerprint density at radius 2 is 1.63 bits per heavy atom. The molecule has 1 N–H and O–H groups in total. The van der Waals surface area contributed by atoms with Crippen molar-refractivity contribution in [3.63, 3.8) is 0 Å². The van der Waals surface area contributed by atoms with Crippen LogP contribution in [0.1, 0.15) is 30.5 Å². The Morgan fingerprint density at radius 1 is 1.00 bits per heavy atom. The SMILES string of the molecule is Cc1ccc([N+](=O)[O-])cc1N(CC(=O)N(Cc1c(Cl)cccc1Cl)[C@@H](Cc1ccccc1)C(=O)NCC(C)C)S(C)(=O)=O. The third-order valence-electron chi connectivity index (χ3n) is 6.70. The summed E-state index contributed by atoms with van der Waals surface area (Å²) in [4.78, 5) is 40.0. The summed E-state index contributed by atoms with van der Waals surface area (Å²) in [6, 6.07) is 16.6. The molecular formula is C30H34Cl2N4O6S. The molecular weight excluding hydrogens is 615 g/mol. The van der Waals surface area contributed by atoms with Crippen molar-refractivity contribution in [2.45, 2.75) is 39.8 Å². The molecule has 3 rings (SSSR count). The summed E-state index contributed by atoms with van der Waals surface area (Å²) in [5, 5.41) is 14.9. The number of nitro groups is 1. The molecule has 2 amide bonds. The second kappa shape index (κ2) is 14.7. The zero-order valence-electron chi connectivity index (χ0n) is 24.3. The molecule has 0 aliphatic carbocycles. The second-order valence-electron chi connectivity index (χ2n) is 10.6. The maximum Gasteiger partial charge on any atom is 0.271 e. The van der Waals surface area contributed by atoms with Crippen LogP contribution in [-0.2, 0) is 32.6 Å². The number of nitrogens with zero attached hydrogens (tertiary/aromatic N) is 3. The minimum Gasteiger partial charge on any atom is -0.354 e. The molecule has 3 aromatic rings. The summed E-state index contributed by atoms with van der Waals surface area (Å²) in [7, 11) is -4.12. The minimum atomic E-state index is -4.12. The molecule has 0 saturated carbocycles. The Bertz CT molecular complexity index is 1560. The molecule has 0 aliphatic heterocycles. The first-order chi connectivity index (χ1) is 20.2. The third-order valence-corrected chi connectivity index (χ3v) is 8.53. The first-order valence-corrected chi connectivity index (χ1v) is 16.1. The van der Waals surface area contributed by atoms with Gasteiger partial charge < -0.3 is 10.2 Å². The van der Waals surface area contributed by atoms with E-state index in [1.165, 1.54) is 17.0 Å². The summed E-state index contributed by atoms with van der Waals surface area (Å²) in [5.74, 6) is -1.04. The minimum absolute atomic E-state index is 0.0235. The number of carbonyl (C=O) groups is 2. The van der Waals surface area contributed by atoms with Gasteiger partial charge in [-0.3, -0.25) is 24.0 Å². The lowest BCUT2D eigenvalue weighted by Gasteiger charge is -2.34. The molecule has 0 fully saturated rings. The fraction of sp³-hybridized carbons (Fsp3) is 0.333. The number of nitrogens with one attached hydrogen (secondary N) is 1. The number of nitro benzene ring substituents is 1. The Kier molecular flexibility index (Phi) is 11.5. The van der Waals surface area contributed by atoms with Crippen LogP contribution in [0.25, 0.3) is 0 Å². The van der Waals surface area contributed by atoms with Gasteiger partial charge in [0.05, 0.1) is 16.9 Å². The van der Waals surface area contributed by atoms with Crippen molar-refractivity contribution in [3.8, 4) is 0 Å². The summed E-state index contributed by atoms with van der Waals surface area (Å²) in [5.41, 5.74) is 1.19. The maximum atomic E-state index is 14.2. The van der Waals surface area contributed by atoms with E-state index in [9.17, 15) is 28.1 Å². The van der Waals surface area contributed by atoms with Gasteiger partial charge in [-0.1, -0.05) is 79.5 Å². The van der Waals surface area contributed by atoms with Crippen LogP contribution in [0.4, 0.5) is 11.4 Å². The standard InChI is InChI=1S/C30H34Cl2N4O6S/c1-20(2)17-33-30(38)28(15-22-9-6-5-7-10-22)34(18-24-25(31)11-8-12-26(24)32)29(37)19-35(43(4,41)42)27-16-23(36(39)40)14-13-21(27)3/h5-14,16,20,28H,15,17-19H2,1-4H3,(H,33,38)/t28-/m0/s1. The van der Waals surface area contributed by atoms with Crippen LogP contribution in [0.3, 0.4) is 0 Å². The number of halogens is 2. The zero-order valence-corrected chi connectivity index (χ0v) is 26.6. The number of benzene rings is 3. The molecule has 0 radical (unpaired) electrons. The quantitative estimate of drug-likeness (QED) is 0.195. The third kappa shape index (κ3) is 9.16. The largest absolute Gasteiger partial charge is 0.354 e. The first kappa shape index (κ1) is 33.8. The smallest absolute Gasteiger partial charge is 0.271 e. The van der Waals surface area contributed by atoms with Gasteiger partial charge >= 0.3 is 0 Å². The average Bonchev–Trinajstić information content (AvgIpc) is 2.93. The van der Waals surface area contributed by atoms with Crippen LogP contribution in [0, 0.1) is 23.0 Å². The molecule has 13 heteroatoms. The second-order valence-corrected chi connectivity index (χ2v) is 13.3. The van der Waals surface area contributed by atoms with Gasteiger partial charge in [-0.05, 0) is 36.1 Å². The van der Waals surface area contributed by atoms with Gasteiger partial charge in [0.15, 0.2) is 0 Å². The predicted molar refractivity (Wildman–Crippen MR) is 169 cm³/mol. The van der Waals surface area contributed by atoms with Crippen LogP contribution in [0.2, 0.25) is 10.0 Å². The molecule has 10 nitrogen and oxygen atoms in total. The van der Waals surface area contributed by atoms with E-state index in [0.717, 1.165) is 22.2 Å². The highest BCUT2D eigenvalue weighted by atomic mass is 35.5. The van der Waals surface area contributed by atoms with Crippen LogP contribution in [-0.4, -0.2) is 55.4 Å². The van der Waals surface area contributed by atoms with Crippen molar-refractivity contribution >= 4 is 56.4 Å². The van der Waals surface area contributed by atoms with E-state index in [-0.39, 0.29) is 40.3 Å². The molecule has 0 saturated heterocycles. The fourth-order valence-electron chi connectivity index (χ4n) is 4.41. The van der Waals surface area contributed by atoms with Crippen molar-refractivity contribution < 1.29 is 22.9 Å². The van der Waals surface area contributed by atoms with Gasteiger partial charge in [0.1, 0.15) is 12.6 Å². The molecule has 1 atom stereocenters. The van der Waals surface area contributed by atoms with E-state index in [2.05, 4.69) is 5.32 Å². The fourth-order valence-corrected chi connectivity index (χ4v) is 5.82. The highest BCUT2D eigenvalue weighted by Gasteiger charge is 2.34. The van der Waals surface area contributed by atoms with Crippen molar-refractivity contribution in [2.24, 2.45) is 5.92 Å². The molecule has 0 aliphatic rings. The molecule has 0 heterocycles. The van der Waals surface area contributed by atoms with Gasteiger partial charge in [0, 0.05) is 47.3 Å². The summed E-state index contributed by atoms with van der Waals surface area (Å²) in [6.45, 7) is 4.87. The maximum absolute atomic E-state index is 14.2. The van der Waals surface area contributed by atoms with E-state index in [1.807, 2.05) is 44.2 Å². The highest BCUT2D eigenvalue weighted by Crippen LogP contribution is 2.30. The van der Waals surface area contributed by atoms with E-state index in [4.69, 9.17) is 23.2 Å². The molecule has 0 unspecified atom stereocenters. The first-order valence-electron chi connectivity index (χ1n) is 13.5. The number of hydrogen-bond donors (Lipinski definition) is 1. The molecule has 0 spiro atoms. The van der Waals surface area contributed by atoms with Gasteiger partial charge in [-0.15, -0.1) is 0 Å². The Balaban J connectivity index is 2.14. The number of carbonyl (C=O) groups excluding carboxylic acids is 2. The van der Waals surface area contributed by atoms with E-state index in [0.29, 0.717) is 17.7 Å². The van der Waals surface area contributed by atoms with Gasteiger partial charge in [0.25, 0.3) is 5.69 Å². The van der Waals surface area contributed by atoms with Gasteiger partial charge in [-0.2, -0.15) is 0 Å². The van der Waals surface area contributed by atoms with Gasteiger partial charge in [0.2, 0.25) is 21.8 Å². The normalized spacial score (nSPS) is 12.1.